The molecule has 3 fully saturated rings. The first-order valence-electron chi connectivity index (χ1n) is 29.6. The number of benzene rings is 4. The lowest BCUT2D eigenvalue weighted by molar-refractivity contribution is -0.333. The summed E-state index contributed by atoms with van der Waals surface area (Å²) in [5.74, 6) is -0.493. The van der Waals surface area contributed by atoms with Gasteiger partial charge in [-0.15, -0.1) is 11.8 Å². The zero-order valence-corrected chi connectivity index (χ0v) is 53.0. The van der Waals surface area contributed by atoms with Gasteiger partial charge in [0.15, 0.2) is 21.8 Å². The van der Waals surface area contributed by atoms with Crippen molar-refractivity contribution in [3.05, 3.63) is 166 Å². The Labute approximate surface area is 500 Å². The fourth-order valence-electron chi connectivity index (χ4n) is 10.5. The Bertz CT molecular complexity index is 2520. The van der Waals surface area contributed by atoms with Gasteiger partial charge in [-0.1, -0.05) is 165 Å². The average molecular weight is 1200 g/mol. The van der Waals surface area contributed by atoms with Crippen LogP contribution in [0.2, 0.25) is 11.6 Å². The number of amides is 1. The second-order valence-corrected chi connectivity index (χ2v) is 29.2. The summed E-state index contributed by atoms with van der Waals surface area (Å²) in [6.45, 7) is 12.1. The van der Waals surface area contributed by atoms with Crippen molar-refractivity contribution in [3.8, 4) is 0 Å². The highest BCUT2D eigenvalue weighted by atomic mass is 32.2. The maximum Gasteiger partial charge on any atom is 0.489 e. The number of ether oxygens (including phenoxy) is 9. The minimum absolute atomic E-state index is 0.0102. The van der Waals surface area contributed by atoms with Gasteiger partial charge in [0.2, 0.25) is 5.91 Å². The zero-order chi connectivity index (χ0) is 58.7. The molecule has 4 aromatic carbocycles. The van der Waals surface area contributed by atoms with E-state index < -0.39 is 84.9 Å². The molecule has 3 aliphatic rings. The molecule has 3 saturated heterocycles. The largest absolute Gasteiger partial charge is 0.489 e. The van der Waals surface area contributed by atoms with Gasteiger partial charge in [0.05, 0.1) is 45.7 Å². The molecule has 7 rings (SSSR count). The summed E-state index contributed by atoms with van der Waals surface area (Å²) < 4.78 is 79.2. The highest BCUT2D eigenvalue weighted by Gasteiger charge is 2.58. The van der Waals surface area contributed by atoms with Crippen molar-refractivity contribution in [3.63, 3.8) is 0 Å². The topological polar surface area (TPSA) is 180 Å². The van der Waals surface area contributed by atoms with Crippen molar-refractivity contribution < 1.29 is 60.4 Å². The number of hydrogen-bond acceptors (Lipinski definition) is 15. The van der Waals surface area contributed by atoms with E-state index in [-0.39, 0.29) is 32.3 Å². The van der Waals surface area contributed by atoms with Crippen LogP contribution in [0.4, 0.5) is 0 Å². The van der Waals surface area contributed by atoms with Gasteiger partial charge in [-0.3, -0.25) is 4.79 Å². The Hall–Kier alpha value is -4.30. The van der Waals surface area contributed by atoms with Crippen LogP contribution in [-0.2, 0) is 86.8 Å². The van der Waals surface area contributed by atoms with Crippen LogP contribution in [0.15, 0.2) is 139 Å². The Balaban J connectivity index is 1.06. The highest BCUT2D eigenvalue weighted by molar-refractivity contribution is 7.99. The highest BCUT2D eigenvalue weighted by Crippen LogP contribution is 2.42. The van der Waals surface area contributed by atoms with Crippen LogP contribution in [0.1, 0.15) is 102 Å². The Morgan fingerprint density at radius 1 is 0.699 bits per heavy atom. The van der Waals surface area contributed by atoms with E-state index >= 15 is 0 Å². The molecule has 454 valence electrons. The van der Waals surface area contributed by atoms with E-state index in [1.54, 1.807) is 21.1 Å². The minimum atomic E-state index is -2.55. The molecule has 0 radical (unpaired) electrons. The normalized spacial score (nSPS) is 24.3. The number of allylic oxidation sites excluding steroid dienone is 2. The number of carbonyl (C=O) groups excluding carboxylic acids is 1. The number of azide groups is 1. The predicted octanol–water partition coefficient (Wildman–Crippen LogP) is 11.7. The molecule has 10 unspecified atom stereocenters. The number of thioether (sulfide) groups is 1. The van der Waals surface area contributed by atoms with Crippen LogP contribution < -0.4 is 0 Å². The number of fused-ring (bicyclic) bond motifs is 1. The summed E-state index contributed by atoms with van der Waals surface area (Å²) in [7, 11) is 0.209. The first-order chi connectivity index (χ1) is 40.4. The van der Waals surface area contributed by atoms with Crippen LogP contribution in [0.5, 0.6) is 0 Å². The van der Waals surface area contributed by atoms with Crippen molar-refractivity contribution in [1.29, 1.82) is 0 Å². The summed E-state index contributed by atoms with van der Waals surface area (Å²) in [4.78, 5) is 18.4. The molecule has 0 spiro atoms. The van der Waals surface area contributed by atoms with Crippen molar-refractivity contribution in [1.82, 2.24) is 4.90 Å². The average Bonchev–Trinajstić information content (AvgIpc) is 3.71. The van der Waals surface area contributed by atoms with Crippen molar-refractivity contribution in [2.24, 2.45) is 5.11 Å². The molecule has 3 aliphatic heterocycles. The third-order valence-corrected chi connectivity index (χ3v) is 21.2. The fraction of sp³-hybridized carbons (Fsp3) is 0.571. The monoisotopic (exact) mass is 1200 g/mol. The van der Waals surface area contributed by atoms with Crippen LogP contribution in [0.3, 0.4) is 0 Å². The van der Waals surface area contributed by atoms with Gasteiger partial charge in [0.25, 0.3) is 0 Å². The number of nitrogens with zero attached hydrogens (tertiary/aromatic N) is 4. The SMILES string of the molecule is CO[Si](CCCCCC/C=C/CCCN(CCSC1OC(COCc2ccccc2)C(OC2OC(COCc3ccccc3)C3OC(C)(C)OC3C2OCc2ccccc2)C(OCc2ccccc2)C1N=[N+]=[N-])C(C)=O)(OC)O[SiH2]C(C)C. The van der Waals surface area contributed by atoms with E-state index in [4.69, 9.17) is 55.6 Å². The standard InChI is InChI=1S/C63H90N4O13SSi2/c1-47(2)82-80-83(69-6,70-7)40-28-14-12-10-8-9-11-13-27-37-67(48(3)68)38-39-81-62-55(65-66-64)58(73-43-51-33-23-17-24-34-51)56(53(76-62)45-71-41-49-29-19-15-20-30-49)77-61-60(74-44-52-35-25-18-26-36-52)59-57(78-63(4,5)79-59)54(75-61)46-72-42-50-31-21-16-22-32-50/h9,11,15-26,29-36,47,53-62H,8,10,12-14,27-28,37-46,82H2,1-7H3/b11-9+. The molecule has 3 heterocycles. The molecule has 17 nitrogen and oxygen atoms in total. The molecule has 20 heteroatoms. The number of carbonyl (C=O) groups is 1. The molecule has 0 N–H and O–H groups in total. The summed E-state index contributed by atoms with van der Waals surface area (Å²) >= 11 is 1.48. The van der Waals surface area contributed by atoms with Crippen LogP contribution in [0, 0.1) is 0 Å². The minimum Gasteiger partial charge on any atom is -0.421 e. The molecule has 4 aromatic rings. The van der Waals surface area contributed by atoms with E-state index in [1.807, 2.05) is 140 Å². The van der Waals surface area contributed by atoms with Crippen LogP contribution in [-0.4, -0.2) is 142 Å². The lowest BCUT2D eigenvalue weighted by Crippen LogP contribution is -2.64. The molecule has 0 aliphatic carbocycles. The van der Waals surface area contributed by atoms with E-state index in [2.05, 4.69) is 36.0 Å². The maximum absolute atomic E-state index is 13.1. The van der Waals surface area contributed by atoms with Gasteiger partial charge in [-0.2, -0.15) is 0 Å². The molecule has 0 saturated carbocycles. The molecular weight excluding hydrogens is 1110 g/mol. The molecule has 0 aromatic heterocycles. The van der Waals surface area contributed by atoms with E-state index in [0.29, 0.717) is 37.6 Å². The van der Waals surface area contributed by atoms with E-state index in [9.17, 15) is 10.3 Å². The van der Waals surface area contributed by atoms with Gasteiger partial charge < -0.3 is 60.5 Å². The molecule has 10 atom stereocenters. The molecular formula is C63H90N4O13SSi2. The summed E-state index contributed by atoms with van der Waals surface area (Å²) in [6, 6.07) is 39.6. The van der Waals surface area contributed by atoms with Gasteiger partial charge in [0.1, 0.15) is 48.1 Å². The van der Waals surface area contributed by atoms with Crippen molar-refractivity contribution >= 4 is 36.2 Å². The van der Waals surface area contributed by atoms with E-state index in [0.717, 1.165) is 73.2 Å². The van der Waals surface area contributed by atoms with Gasteiger partial charge >= 0.3 is 8.80 Å². The van der Waals surface area contributed by atoms with Crippen molar-refractivity contribution in [2.75, 3.05) is 46.3 Å². The first kappa shape index (κ1) is 66.2. The number of hydrogen-bond donors (Lipinski definition) is 0. The first-order valence-corrected chi connectivity index (χ1v) is 33.9. The Morgan fingerprint density at radius 2 is 1.23 bits per heavy atom. The summed E-state index contributed by atoms with van der Waals surface area (Å²) in [5, 5.41) is 4.43. The molecule has 83 heavy (non-hydrogen) atoms. The van der Waals surface area contributed by atoms with Crippen LogP contribution in [0.25, 0.3) is 10.4 Å². The van der Waals surface area contributed by atoms with Gasteiger partial charge in [-0.05, 0) is 79.3 Å². The maximum atomic E-state index is 13.1. The zero-order valence-electron chi connectivity index (χ0n) is 49.8. The Morgan fingerprint density at radius 3 is 1.78 bits per heavy atom. The Kier molecular flexibility index (Phi) is 28.2. The quantitative estimate of drug-likeness (QED) is 0.0104. The van der Waals surface area contributed by atoms with Gasteiger partial charge in [0, 0.05) is 50.9 Å². The smallest absolute Gasteiger partial charge is 0.421 e. The fourth-order valence-corrected chi connectivity index (χ4v) is 16.8. The molecule has 1 amide bonds. The number of rotatable bonds is 37. The van der Waals surface area contributed by atoms with Crippen LogP contribution >= 0.6 is 11.8 Å². The third-order valence-electron chi connectivity index (χ3n) is 14.8. The second kappa shape index (κ2) is 35.4. The summed E-state index contributed by atoms with van der Waals surface area (Å²) in [5.41, 5.74) is 14.1. The predicted molar refractivity (Wildman–Crippen MR) is 327 cm³/mol. The lowest BCUT2D eigenvalue weighted by atomic mass is 9.96. The number of unbranched alkanes of at least 4 members (excludes halogenated alkanes) is 5. The lowest BCUT2D eigenvalue weighted by Gasteiger charge is -2.48. The third kappa shape index (κ3) is 21.6. The molecule has 0 bridgehead atoms. The summed E-state index contributed by atoms with van der Waals surface area (Å²) in [6.07, 6.45) is 5.21. The van der Waals surface area contributed by atoms with E-state index in [1.165, 1.54) is 11.8 Å². The van der Waals surface area contributed by atoms with Gasteiger partial charge in [-0.25, -0.2) is 0 Å². The van der Waals surface area contributed by atoms with Crippen molar-refractivity contribution in [2.45, 2.75) is 184 Å². The second-order valence-electron chi connectivity index (χ2n) is 22.2.